The van der Waals surface area contributed by atoms with E-state index in [1.54, 1.807) is 24.5 Å². The van der Waals surface area contributed by atoms with Crippen LogP contribution in [0.2, 0.25) is 0 Å². The molecule has 0 aliphatic carbocycles. The Morgan fingerprint density at radius 3 is 2.50 bits per heavy atom. The standard InChI is InChI=1S/C22H25NO2S/c1-16-8-10-19(11-9-16)20(21-6-4-14-25-21)12-13-23(18(3)24)17(2)22-7-5-15-26-22/h4-11,14-15,17,20H,12-13H2,1-3H3. The second-order valence-electron chi connectivity index (χ2n) is 6.67. The van der Waals surface area contributed by atoms with Crippen molar-refractivity contribution in [2.45, 2.75) is 39.2 Å². The van der Waals surface area contributed by atoms with E-state index in [1.165, 1.54) is 16.0 Å². The summed E-state index contributed by atoms with van der Waals surface area (Å²) in [4.78, 5) is 15.4. The van der Waals surface area contributed by atoms with Crippen molar-refractivity contribution in [2.75, 3.05) is 6.54 Å². The number of hydrogen-bond donors (Lipinski definition) is 0. The van der Waals surface area contributed by atoms with Gasteiger partial charge < -0.3 is 9.32 Å². The number of nitrogens with zero attached hydrogens (tertiary/aromatic N) is 1. The van der Waals surface area contributed by atoms with Gasteiger partial charge in [-0.2, -0.15) is 0 Å². The molecular weight excluding hydrogens is 342 g/mol. The molecule has 0 saturated carbocycles. The van der Waals surface area contributed by atoms with Crippen molar-refractivity contribution in [1.29, 1.82) is 0 Å². The molecule has 136 valence electrons. The van der Waals surface area contributed by atoms with Gasteiger partial charge in [-0.05, 0) is 49.4 Å². The van der Waals surface area contributed by atoms with Crippen molar-refractivity contribution in [1.82, 2.24) is 4.90 Å². The van der Waals surface area contributed by atoms with E-state index >= 15 is 0 Å². The van der Waals surface area contributed by atoms with Gasteiger partial charge in [0.05, 0.1) is 12.3 Å². The van der Waals surface area contributed by atoms with Crippen molar-refractivity contribution in [3.8, 4) is 0 Å². The SMILES string of the molecule is CC(=O)N(CCC(c1ccc(C)cc1)c1ccco1)C(C)c1cccs1. The van der Waals surface area contributed by atoms with Crippen LogP contribution in [0.15, 0.2) is 64.6 Å². The van der Waals surface area contributed by atoms with E-state index in [2.05, 4.69) is 49.6 Å². The van der Waals surface area contributed by atoms with Crippen LogP contribution >= 0.6 is 11.3 Å². The highest BCUT2D eigenvalue weighted by Crippen LogP contribution is 2.31. The molecule has 0 fully saturated rings. The third-order valence-electron chi connectivity index (χ3n) is 4.85. The Morgan fingerprint density at radius 1 is 1.15 bits per heavy atom. The van der Waals surface area contributed by atoms with E-state index in [1.807, 2.05) is 23.1 Å². The van der Waals surface area contributed by atoms with Crippen LogP contribution in [0.5, 0.6) is 0 Å². The van der Waals surface area contributed by atoms with Crippen molar-refractivity contribution >= 4 is 17.2 Å². The van der Waals surface area contributed by atoms with Crippen LogP contribution in [0.1, 0.15) is 54.0 Å². The van der Waals surface area contributed by atoms with Crippen LogP contribution < -0.4 is 0 Å². The average Bonchev–Trinajstić information content (AvgIpc) is 3.32. The number of thiophene rings is 1. The molecule has 0 spiro atoms. The Hall–Kier alpha value is -2.33. The number of rotatable bonds is 7. The van der Waals surface area contributed by atoms with Gasteiger partial charge in [0.2, 0.25) is 5.91 Å². The van der Waals surface area contributed by atoms with Crippen LogP contribution in [0.4, 0.5) is 0 Å². The molecule has 3 aromatic rings. The zero-order valence-electron chi connectivity index (χ0n) is 15.5. The Bertz CT molecular complexity index is 806. The number of furan rings is 1. The Kier molecular flexibility index (Phi) is 5.94. The van der Waals surface area contributed by atoms with E-state index in [4.69, 9.17) is 4.42 Å². The smallest absolute Gasteiger partial charge is 0.219 e. The maximum atomic E-state index is 12.3. The van der Waals surface area contributed by atoms with E-state index in [9.17, 15) is 4.79 Å². The van der Waals surface area contributed by atoms with E-state index < -0.39 is 0 Å². The lowest BCUT2D eigenvalue weighted by Crippen LogP contribution is -2.33. The van der Waals surface area contributed by atoms with Crippen LogP contribution in [-0.2, 0) is 4.79 Å². The molecule has 0 bridgehead atoms. The van der Waals surface area contributed by atoms with Gasteiger partial charge in [-0.1, -0.05) is 35.9 Å². The zero-order valence-corrected chi connectivity index (χ0v) is 16.3. The summed E-state index contributed by atoms with van der Waals surface area (Å²) in [5, 5.41) is 2.06. The molecule has 0 N–H and O–H groups in total. The van der Waals surface area contributed by atoms with Gasteiger partial charge in [0.25, 0.3) is 0 Å². The molecule has 2 atom stereocenters. The van der Waals surface area contributed by atoms with Crippen molar-refractivity contribution in [3.05, 3.63) is 81.9 Å². The maximum absolute atomic E-state index is 12.3. The molecule has 1 aromatic carbocycles. The first kappa shape index (κ1) is 18.5. The number of amides is 1. The molecule has 3 nitrogen and oxygen atoms in total. The molecule has 0 saturated heterocycles. The highest BCUT2D eigenvalue weighted by Gasteiger charge is 2.23. The predicted octanol–water partition coefficient (Wildman–Crippen LogP) is 5.78. The average molecular weight is 368 g/mol. The third kappa shape index (κ3) is 4.25. The Balaban J connectivity index is 1.79. The Labute approximate surface area is 159 Å². The van der Waals surface area contributed by atoms with Gasteiger partial charge in [-0.3, -0.25) is 4.79 Å². The van der Waals surface area contributed by atoms with Crippen molar-refractivity contribution in [3.63, 3.8) is 0 Å². The molecular formula is C22H25NO2S. The van der Waals surface area contributed by atoms with Crippen molar-refractivity contribution in [2.24, 2.45) is 0 Å². The monoisotopic (exact) mass is 367 g/mol. The summed E-state index contributed by atoms with van der Waals surface area (Å²) < 4.78 is 5.70. The molecule has 4 heteroatoms. The first-order valence-electron chi connectivity index (χ1n) is 8.97. The largest absolute Gasteiger partial charge is 0.469 e. The quantitative estimate of drug-likeness (QED) is 0.530. The lowest BCUT2D eigenvalue weighted by Gasteiger charge is -2.29. The summed E-state index contributed by atoms with van der Waals surface area (Å²) in [5.41, 5.74) is 2.46. The number of benzene rings is 1. The van der Waals surface area contributed by atoms with Crippen LogP contribution in [0, 0.1) is 6.92 Å². The van der Waals surface area contributed by atoms with Crippen LogP contribution in [-0.4, -0.2) is 17.4 Å². The van der Waals surface area contributed by atoms with Gasteiger partial charge in [-0.25, -0.2) is 0 Å². The van der Waals surface area contributed by atoms with Gasteiger partial charge in [0.1, 0.15) is 5.76 Å². The summed E-state index contributed by atoms with van der Waals surface area (Å²) >= 11 is 1.69. The third-order valence-corrected chi connectivity index (χ3v) is 5.89. The van der Waals surface area contributed by atoms with Crippen molar-refractivity contribution < 1.29 is 9.21 Å². The maximum Gasteiger partial charge on any atom is 0.219 e. The fraction of sp³-hybridized carbons (Fsp3) is 0.318. The predicted molar refractivity (Wildman–Crippen MR) is 106 cm³/mol. The molecule has 0 aliphatic heterocycles. The summed E-state index contributed by atoms with van der Waals surface area (Å²) in [5.74, 6) is 1.19. The van der Waals surface area contributed by atoms with Gasteiger partial charge >= 0.3 is 0 Å². The minimum Gasteiger partial charge on any atom is -0.469 e. The molecule has 2 heterocycles. The van der Waals surface area contributed by atoms with E-state index in [0.29, 0.717) is 6.54 Å². The number of carbonyl (C=O) groups excluding carboxylic acids is 1. The number of carbonyl (C=O) groups is 1. The van der Waals surface area contributed by atoms with E-state index in [-0.39, 0.29) is 17.9 Å². The molecule has 0 aliphatic rings. The van der Waals surface area contributed by atoms with Gasteiger partial charge in [0.15, 0.2) is 0 Å². The van der Waals surface area contributed by atoms with Gasteiger partial charge in [0, 0.05) is 24.3 Å². The second-order valence-corrected chi connectivity index (χ2v) is 7.65. The van der Waals surface area contributed by atoms with Crippen LogP contribution in [0.25, 0.3) is 0 Å². The fourth-order valence-corrected chi connectivity index (χ4v) is 4.13. The fourth-order valence-electron chi connectivity index (χ4n) is 3.34. The first-order valence-corrected chi connectivity index (χ1v) is 9.85. The van der Waals surface area contributed by atoms with Gasteiger partial charge in [-0.15, -0.1) is 11.3 Å². The molecule has 26 heavy (non-hydrogen) atoms. The second kappa shape index (κ2) is 8.37. The first-order chi connectivity index (χ1) is 12.6. The minimum absolute atomic E-state index is 0.0859. The highest BCUT2D eigenvalue weighted by molar-refractivity contribution is 7.10. The molecule has 2 aromatic heterocycles. The summed E-state index contributed by atoms with van der Waals surface area (Å²) in [6, 6.07) is 16.7. The number of aryl methyl sites for hydroxylation is 1. The highest BCUT2D eigenvalue weighted by atomic mass is 32.1. The lowest BCUT2D eigenvalue weighted by molar-refractivity contribution is -0.131. The molecule has 3 rings (SSSR count). The molecule has 1 amide bonds. The summed E-state index contributed by atoms with van der Waals surface area (Å²) in [7, 11) is 0. The topological polar surface area (TPSA) is 33.5 Å². The minimum atomic E-state index is 0.0859. The number of hydrogen-bond acceptors (Lipinski definition) is 3. The zero-order chi connectivity index (χ0) is 18.5. The normalized spacial score (nSPS) is 13.3. The molecule has 2 unspecified atom stereocenters. The van der Waals surface area contributed by atoms with E-state index in [0.717, 1.165) is 12.2 Å². The van der Waals surface area contributed by atoms with Crippen LogP contribution in [0.3, 0.4) is 0 Å². The summed E-state index contributed by atoms with van der Waals surface area (Å²) in [6.45, 7) is 6.53. The Morgan fingerprint density at radius 2 is 1.92 bits per heavy atom. The lowest BCUT2D eigenvalue weighted by atomic mass is 9.92. The summed E-state index contributed by atoms with van der Waals surface area (Å²) in [6.07, 6.45) is 2.54. The molecule has 0 radical (unpaired) electrons.